The smallest absolute Gasteiger partial charge is 0.264 e. The summed E-state index contributed by atoms with van der Waals surface area (Å²) >= 11 is 6.19. The van der Waals surface area contributed by atoms with Gasteiger partial charge in [0.05, 0.1) is 17.7 Å². The van der Waals surface area contributed by atoms with Crippen LogP contribution in [0.2, 0.25) is 5.02 Å². The van der Waals surface area contributed by atoms with Crippen molar-refractivity contribution in [1.29, 1.82) is 0 Å². The third kappa shape index (κ3) is 6.24. The molecule has 0 saturated carbocycles. The van der Waals surface area contributed by atoms with Gasteiger partial charge in [0.2, 0.25) is 5.91 Å². The predicted molar refractivity (Wildman–Crippen MR) is 149 cm³/mol. The molecule has 1 N–H and O–H groups in total. The lowest BCUT2D eigenvalue weighted by Gasteiger charge is -2.26. The van der Waals surface area contributed by atoms with Crippen LogP contribution in [0.25, 0.3) is 10.8 Å². The SMILES string of the molecule is COc1ccc(Cl)cc1N(CC(=O)NCC(C)Cc1cccc2ccccc12)S(=O)(=O)c1ccccc1. The lowest BCUT2D eigenvalue weighted by molar-refractivity contribution is -0.119. The number of nitrogens with zero attached hydrogens (tertiary/aromatic N) is 1. The van der Waals surface area contributed by atoms with Gasteiger partial charge in [-0.1, -0.05) is 79.2 Å². The second-order valence-electron chi connectivity index (χ2n) is 8.89. The molecule has 0 saturated heterocycles. The van der Waals surface area contributed by atoms with Crippen molar-refractivity contribution in [3.05, 3.63) is 102 Å². The number of amides is 1. The Balaban J connectivity index is 1.52. The van der Waals surface area contributed by atoms with E-state index in [1.165, 1.54) is 41.6 Å². The first-order chi connectivity index (χ1) is 17.8. The highest BCUT2D eigenvalue weighted by molar-refractivity contribution is 7.92. The molecule has 0 aliphatic heterocycles. The zero-order valence-corrected chi connectivity index (χ0v) is 22.3. The molecule has 6 nitrogen and oxygen atoms in total. The zero-order chi connectivity index (χ0) is 26.4. The Hall–Kier alpha value is -3.55. The van der Waals surface area contributed by atoms with Crippen molar-refractivity contribution in [3.8, 4) is 5.75 Å². The second-order valence-corrected chi connectivity index (χ2v) is 11.2. The van der Waals surface area contributed by atoms with E-state index in [-0.39, 0.29) is 16.5 Å². The fourth-order valence-corrected chi connectivity index (χ4v) is 5.88. The summed E-state index contributed by atoms with van der Waals surface area (Å²) in [6.07, 6.45) is 0.774. The van der Waals surface area contributed by atoms with E-state index in [1.807, 2.05) is 18.2 Å². The molecule has 0 radical (unpaired) electrons. The number of fused-ring (bicyclic) bond motifs is 1. The number of rotatable bonds is 10. The Morgan fingerprint density at radius 2 is 1.68 bits per heavy atom. The molecule has 1 unspecified atom stereocenters. The quantitative estimate of drug-likeness (QED) is 0.282. The van der Waals surface area contributed by atoms with E-state index in [4.69, 9.17) is 16.3 Å². The van der Waals surface area contributed by atoms with Gasteiger partial charge in [0.15, 0.2) is 0 Å². The van der Waals surface area contributed by atoms with Crippen LogP contribution < -0.4 is 14.4 Å². The van der Waals surface area contributed by atoms with Gasteiger partial charge < -0.3 is 10.1 Å². The van der Waals surface area contributed by atoms with Gasteiger partial charge in [-0.2, -0.15) is 0 Å². The number of halogens is 1. The van der Waals surface area contributed by atoms with Crippen molar-refractivity contribution in [1.82, 2.24) is 5.32 Å². The van der Waals surface area contributed by atoms with Crippen LogP contribution in [0.1, 0.15) is 12.5 Å². The molecule has 1 atom stereocenters. The number of anilines is 1. The van der Waals surface area contributed by atoms with E-state index in [1.54, 1.807) is 30.3 Å². The number of hydrogen-bond acceptors (Lipinski definition) is 4. The van der Waals surface area contributed by atoms with Gasteiger partial charge in [0.25, 0.3) is 10.0 Å². The summed E-state index contributed by atoms with van der Waals surface area (Å²) < 4.78 is 33.6. The van der Waals surface area contributed by atoms with Crippen molar-refractivity contribution >= 4 is 44.0 Å². The normalized spacial score (nSPS) is 12.2. The maximum atomic E-state index is 13.6. The van der Waals surface area contributed by atoms with Crippen molar-refractivity contribution in [2.75, 3.05) is 24.5 Å². The molecule has 192 valence electrons. The topological polar surface area (TPSA) is 75.7 Å². The summed E-state index contributed by atoms with van der Waals surface area (Å²) in [4.78, 5) is 13.1. The number of carbonyl (C=O) groups excluding carboxylic acids is 1. The first-order valence-electron chi connectivity index (χ1n) is 11.9. The Morgan fingerprint density at radius 3 is 2.43 bits per heavy atom. The molecule has 37 heavy (non-hydrogen) atoms. The minimum Gasteiger partial charge on any atom is -0.495 e. The molecule has 4 aromatic rings. The maximum Gasteiger partial charge on any atom is 0.264 e. The molecule has 4 aromatic carbocycles. The number of benzene rings is 4. The van der Waals surface area contributed by atoms with Crippen LogP contribution in [-0.4, -0.2) is 34.5 Å². The Morgan fingerprint density at radius 1 is 0.973 bits per heavy atom. The zero-order valence-electron chi connectivity index (χ0n) is 20.7. The van der Waals surface area contributed by atoms with Crippen LogP contribution in [0.5, 0.6) is 5.75 Å². The third-order valence-electron chi connectivity index (χ3n) is 6.12. The number of methoxy groups -OCH3 is 1. The summed E-state index contributed by atoms with van der Waals surface area (Å²) in [6, 6.07) is 27.1. The van der Waals surface area contributed by atoms with Gasteiger partial charge in [-0.15, -0.1) is 0 Å². The minimum atomic E-state index is -4.08. The molecule has 8 heteroatoms. The summed E-state index contributed by atoms with van der Waals surface area (Å²) in [5, 5.41) is 5.60. The first-order valence-corrected chi connectivity index (χ1v) is 13.8. The van der Waals surface area contributed by atoms with E-state index in [2.05, 4.69) is 36.5 Å². The van der Waals surface area contributed by atoms with E-state index in [0.29, 0.717) is 17.3 Å². The Bertz CT molecular complexity index is 1490. The molecule has 0 aliphatic carbocycles. The maximum absolute atomic E-state index is 13.6. The van der Waals surface area contributed by atoms with Gasteiger partial charge in [-0.05, 0) is 59.0 Å². The number of nitrogens with one attached hydrogen (secondary N) is 1. The van der Waals surface area contributed by atoms with Crippen molar-refractivity contribution in [3.63, 3.8) is 0 Å². The van der Waals surface area contributed by atoms with E-state index in [0.717, 1.165) is 10.7 Å². The van der Waals surface area contributed by atoms with E-state index in [9.17, 15) is 13.2 Å². The molecular formula is C29H29ClN2O4S. The van der Waals surface area contributed by atoms with Crippen LogP contribution in [0.15, 0.2) is 95.9 Å². The van der Waals surface area contributed by atoms with Crippen LogP contribution in [-0.2, 0) is 21.2 Å². The minimum absolute atomic E-state index is 0.0640. The van der Waals surface area contributed by atoms with Gasteiger partial charge in [0, 0.05) is 11.6 Å². The number of carbonyl (C=O) groups is 1. The van der Waals surface area contributed by atoms with Gasteiger partial charge in [-0.3, -0.25) is 9.10 Å². The number of ether oxygens (including phenoxy) is 1. The molecule has 0 aliphatic rings. The monoisotopic (exact) mass is 536 g/mol. The highest BCUT2D eigenvalue weighted by Gasteiger charge is 2.29. The number of hydrogen-bond donors (Lipinski definition) is 1. The predicted octanol–water partition coefficient (Wildman–Crippen LogP) is 5.69. The molecule has 0 heterocycles. The van der Waals surface area contributed by atoms with Crippen LogP contribution in [0, 0.1) is 5.92 Å². The highest BCUT2D eigenvalue weighted by atomic mass is 35.5. The van der Waals surface area contributed by atoms with E-state index < -0.39 is 22.5 Å². The largest absolute Gasteiger partial charge is 0.495 e. The molecule has 0 aromatic heterocycles. The third-order valence-corrected chi connectivity index (χ3v) is 8.13. The van der Waals surface area contributed by atoms with Crippen molar-refractivity contribution < 1.29 is 17.9 Å². The molecule has 1 amide bonds. The lowest BCUT2D eigenvalue weighted by Crippen LogP contribution is -2.42. The molecular weight excluding hydrogens is 508 g/mol. The summed E-state index contributed by atoms with van der Waals surface area (Å²) in [6.45, 7) is 2.03. The molecule has 0 bridgehead atoms. The highest BCUT2D eigenvalue weighted by Crippen LogP contribution is 2.34. The summed E-state index contributed by atoms with van der Waals surface area (Å²) in [5.41, 5.74) is 1.40. The average Bonchev–Trinajstić information content (AvgIpc) is 2.91. The van der Waals surface area contributed by atoms with Crippen LogP contribution in [0.3, 0.4) is 0 Å². The van der Waals surface area contributed by atoms with Gasteiger partial charge in [-0.25, -0.2) is 8.42 Å². The fourth-order valence-electron chi connectivity index (χ4n) is 4.27. The summed E-state index contributed by atoms with van der Waals surface area (Å²) in [7, 11) is -2.64. The molecule has 4 rings (SSSR count). The van der Waals surface area contributed by atoms with Crippen molar-refractivity contribution in [2.24, 2.45) is 5.92 Å². The van der Waals surface area contributed by atoms with E-state index >= 15 is 0 Å². The lowest BCUT2D eigenvalue weighted by atomic mass is 9.96. The standard InChI is InChI=1S/C29H29ClN2O4S/c1-21(17-23-11-8-10-22-9-6-7-14-26(22)23)19-31-29(33)20-32(27-18-24(30)15-16-28(27)36-2)37(34,35)25-12-4-3-5-13-25/h3-16,18,21H,17,19-20H2,1-2H3,(H,31,33). The average molecular weight is 537 g/mol. The van der Waals surface area contributed by atoms with Crippen LogP contribution in [0.4, 0.5) is 5.69 Å². The second kappa shape index (κ2) is 11.7. The molecule has 0 fully saturated rings. The first kappa shape index (κ1) is 26.5. The van der Waals surface area contributed by atoms with Gasteiger partial charge >= 0.3 is 0 Å². The molecule has 0 spiro atoms. The summed E-state index contributed by atoms with van der Waals surface area (Å²) in [5.74, 6) is 0.00183. The Kier molecular flexibility index (Phi) is 8.36. The number of sulfonamides is 1. The fraction of sp³-hybridized carbons (Fsp3) is 0.207. The van der Waals surface area contributed by atoms with Crippen molar-refractivity contribution in [2.45, 2.75) is 18.2 Å². The van der Waals surface area contributed by atoms with Crippen LogP contribution >= 0.6 is 11.6 Å². The Labute approximate surface area is 222 Å². The van der Waals surface area contributed by atoms with Gasteiger partial charge in [0.1, 0.15) is 12.3 Å².